The summed E-state index contributed by atoms with van der Waals surface area (Å²) in [6, 6.07) is 6.26. The van der Waals surface area contributed by atoms with Crippen LogP contribution in [0.25, 0.3) is 0 Å². The van der Waals surface area contributed by atoms with Crippen molar-refractivity contribution < 1.29 is 24.2 Å². The highest BCUT2D eigenvalue weighted by Gasteiger charge is 2.25. The number of nitrogens with zero attached hydrogens (tertiary/aromatic N) is 2. The van der Waals surface area contributed by atoms with Gasteiger partial charge in [0.25, 0.3) is 5.09 Å². The molecule has 1 aliphatic heterocycles. The van der Waals surface area contributed by atoms with E-state index in [0.29, 0.717) is 12.4 Å². The minimum atomic E-state index is -1.50. The fraction of sp³-hybridized carbons (Fsp3) is 0.600. The van der Waals surface area contributed by atoms with Gasteiger partial charge in [0.15, 0.2) is 0 Å². The fourth-order valence-electron chi connectivity index (χ4n) is 2.46. The van der Waals surface area contributed by atoms with Gasteiger partial charge in [-0.25, -0.2) is 4.39 Å². The topological polar surface area (TPSA) is 111 Å². The maximum absolute atomic E-state index is 12.7. The van der Waals surface area contributed by atoms with E-state index in [-0.39, 0.29) is 18.0 Å². The van der Waals surface area contributed by atoms with Gasteiger partial charge in [-0.2, -0.15) is 0 Å². The van der Waals surface area contributed by atoms with Gasteiger partial charge in [-0.05, 0) is 43.7 Å². The highest BCUT2D eigenvalue weighted by Crippen LogP contribution is 2.13. The minimum absolute atomic E-state index is 0.127. The van der Waals surface area contributed by atoms with Crippen molar-refractivity contribution in [2.75, 3.05) is 33.4 Å². The summed E-state index contributed by atoms with van der Waals surface area (Å²) >= 11 is 0. The van der Waals surface area contributed by atoms with E-state index in [0.717, 1.165) is 32.5 Å². The van der Waals surface area contributed by atoms with Gasteiger partial charge in [0.1, 0.15) is 11.6 Å². The van der Waals surface area contributed by atoms with Crippen LogP contribution in [0.5, 0.6) is 5.75 Å². The molecule has 2 rings (SSSR count). The van der Waals surface area contributed by atoms with Crippen LogP contribution in [0.1, 0.15) is 12.8 Å². The molecule has 1 aromatic rings. The van der Waals surface area contributed by atoms with Crippen LogP contribution in [-0.2, 0) is 4.74 Å². The molecule has 0 saturated carbocycles. The summed E-state index contributed by atoms with van der Waals surface area (Å²) in [7, 11) is 1.71. The molecule has 2 unspecified atom stereocenters. The number of nitrogens with two attached hydrogens (primary N) is 1. The predicted molar refractivity (Wildman–Crippen MR) is 85.1 cm³/mol. The first kappa shape index (κ1) is 20.1. The maximum Gasteiger partial charge on any atom is 0.291 e. The molecule has 0 radical (unpaired) electrons. The zero-order valence-corrected chi connectivity index (χ0v) is 13.6. The van der Waals surface area contributed by atoms with Crippen LogP contribution in [-0.4, -0.2) is 60.7 Å². The molecule has 1 fully saturated rings. The molecule has 2 atom stereocenters. The molecule has 1 heterocycles. The second-order valence-electron chi connectivity index (χ2n) is 5.42. The molecule has 24 heavy (non-hydrogen) atoms. The summed E-state index contributed by atoms with van der Waals surface area (Å²) in [6.07, 6.45) is 2.03. The summed E-state index contributed by atoms with van der Waals surface area (Å²) in [4.78, 5) is 10.7. The standard InChI is InChI=1S/C15H23FN2O2.HNO3/c1-19-15-11-18(9-7-14(15)17)8-2-10-20-13-5-3-12(16)4-6-13;2-1(3)4/h3-6,14-15H,2,7-11,17H2,1H3;(H,2,3,4). The summed E-state index contributed by atoms with van der Waals surface area (Å²) in [6.45, 7) is 3.49. The summed E-state index contributed by atoms with van der Waals surface area (Å²) in [5.41, 5.74) is 5.99. The van der Waals surface area contributed by atoms with Crippen molar-refractivity contribution in [1.82, 2.24) is 4.90 Å². The molecule has 0 amide bonds. The minimum Gasteiger partial charge on any atom is -0.494 e. The quantitative estimate of drug-likeness (QED) is 0.454. The van der Waals surface area contributed by atoms with Crippen molar-refractivity contribution in [3.63, 3.8) is 0 Å². The third-order valence-electron chi connectivity index (χ3n) is 3.70. The lowest BCUT2D eigenvalue weighted by Gasteiger charge is -2.35. The van der Waals surface area contributed by atoms with Crippen LogP contribution in [0.2, 0.25) is 0 Å². The summed E-state index contributed by atoms with van der Waals surface area (Å²) in [5.74, 6) is 0.467. The SMILES string of the molecule is COC1CN(CCCOc2ccc(F)cc2)CCC1N.O=[N+]([O-])O. The van der Waals surface area contributed by atoms with E-state index in [1.165, 1.54) is 12.1 Å². The van der Waals surface area contributed by atoms with E-state index in [2.05, 4.69) is 4.90 Å². The molecule has 1 aliphatic rings. The number of halogens is 1. The van der Waals surface area contributed by atoms with Gasteiger partial charge in [0.2, 0.25) is 0 Å². The molecule has 3 N–H and O–H groups in total. The van der Waals surface area contributed by atoms with E-state index in [4.69, 9.17) is 30.5 Å². The Hall–Kier alpha value is -1.97. The Morgan fingerprint density at radius 2 is 2.08 bits per heavy atom. The molecule has 9 heteroatoms. The number of benzene rings is 1. The number of hydrogen-bond acceptors (Lipinski definition) is 6. The average Bonchev–Trinajstić information content (AvgIpc) is 2.54. The maximum atomic E-state index is 12.7. The molecular formula is C15H24FN3O5. The Balaban J connectivity index is 0.000000648. The molecule has 0 aromatic heterocycles. The lowest BCUT2D eigenvalue weighted by molar-refractivity contribution is -0.742. The molecular weight excluding hydrogens is 321 g/mol. The second kappa shape index (κ2) is 10.7. The predicted octanol–water partition coefficient (Wildman–Crippen LogP) is 1.29. The Morgan fingerprint density at radius 3 is 2.67 bits per heavy atom. The molecule has 0 spiro atoms. The Labute approximate surface area is 140 Å². The van der Waals surface area contributed by atoms with Crippen molar-refractivity contribution >= 4 is 0 Å². The smallest absolute Gasteiger partial charge is 0.291 e. The highest BCUT2D eigenvalue weighted by atomic mass is 19.1. The molecule has 0 aliphatic carbocycles. The lowest BCUT2D eigenvalue weighted by Crippen LogP contribution is -2.51. The monoisotopic (exact) mass is 345 g/mol. The van der Waals surface area contributed by atoms with E-state index in [9.17, 15) is 4.39 Å². The van der Waals surface area contributed by atoms with E-state index in [1.54, 1.807) is 19.2 Å². The summed E-state index contributed by atoms with van der Waals surface area (Å²) < 4.78 is 23.7. The van der Waals surface area contributed by atoms with Gasteiger partial charge in [-0.1, -0.05) is 0 Å². The number of ether oxygens (including phenoxy) is 2. The zero-order chi connectivity index (χ0) is 17.9. The van der Waals surface area contributed by atoms with Crippen LogP contribution in [0.3, 0.4) is 0 Å². The van der Waals surface area contributed by atoms with Crippen molar-refractivity contribution in [3.05, 3.63) is 40.2 Å². The van der Waals surface area contributed by atoms with Crippen molar-refractivity contribution in [2.24, 2.45) is 5.73 Å². The first-order chi connectivity index (χ1) is 11.4. The first-order valence-corrected chi connectivity index (χ1v) is 7.64. The molecule has 0 bridgehead atoms. The average molecular weight is 345 g/mol. The van der Waals surface area contributed by atoms with Gasteiger partial charge in [-0.15, -0.1) is 10.1 Å². The lowest BCUT2D eigenvalue weighted by atomic mass is 10.0. The van der Waals surface area contributed by atoms with E-state index >= 15 is 0 Å². The zero-order valence-electron chi connectivity index (χ0n) is 13.6. The van der Waals surface area contributed by atoms with Gasteiger partial charge < -0.3 is 25.3 Å². The van der Waals surface area contributed by atoms with Crippen LogP contribution < -0.4 is 10.5 Å². The Morgan fingerprint density at radius 1 is 1.46 bits per heavy atom. The fourth-order valence-corrected chi connectivity index (χ4v) is 2.46. The van der Waals surface area contributed by atoms with Crippen LogP contribution in [0, 0.1) is 15.9 Å². The van der Waals surface area contributed by atoms with Gasteiger partial charge in [0.05, 0.1) is 12.7 Å². The van der Waals surface area contributed by atoms with Crippen LogP contribution in [0.4, 0.5) is 4.39 Å². The number of methoxy groups -OCH3 is 1. The van der Waals surface area contributed by atoms with E-state index in [1.807, 2.05) is 0 Å². The Bertz CT molecular complexity index is 485. The van der Waals surface area contributed by atoms with Crippen LogP contribution >= 0.6 is 0 Å². The number of hydrogen-bond donors (Lipinski definition) is 2. The van der Waals surface area contributed by atoms with Gasteiger partial charge >= 0.3 is 0 Å². The molecule has 1 saturated heterocycles. The van der Waals surface area contributed by atoms with Crippen molar-refractivity contribution in [3.8, 4) is 5.75 Å². The van der Waals surface area contributed by atoms with Gasteiger partial charge in [0, 0.05) is 26.2 Å². The van der Waals surface area contributed by atoms with Crippen LogP contribution in [0.15, 0.2) is 24.3 Å². The van der Waals surface area contributed by atoms with Gasteiger partial charge in [-0.3, -0.25) is 0 Å². The Kier molecular flexibility index (Phi) is 8.98. The number of likely N-dealkylation sites (tertiary alicyclic amines) is 1. The van der Waals surface area contributed by atoms with E-state index < -0.39 is 5.09 Å². The second-order valence-corrected chi connectivity index (χ2v) is 5.42. The summed E-state index contributed by atoms with van der Waals surface area (Å²) in [5, 5.41) is 13.6. The number of rotatable bonds is 6. The number of piperidine rings is 1. The first-order valence-electron chi connectivity index (χ1n) is 7.64. The van der Waals surface area contributed by atoms with Crippen molar-refractivity contribution in [1.29, 1.82) is 0 Å². The largest absolute Gasteiger partial charge is 0.494 e. The molecule has 136 valence electrons. The molecule has 1 aromatic carbocycles. The highest BCUT2D eigenvalue weighted by molar-refractivity contribution is 5.21. The third-order valence-corrected chi connectivity index (χ3v) is 3.70. The molecule has 8 nitrogen and oxygen atoms in total. The normalized spacial score (nSPS) is 20.8. The third kappa shape index (κ3) is 8.04. The van der Waals surface area contributed by atoms with Crippen molar-refractivity contribution in [2.45, 2.75) is 25.0 Å².